The van der Waals surface area contributed by atoms with E-state index in [4.69, 9.17) is 11.6 Å². The van der Waals surface area contributed by atoms with E-state index in [1.165, 1.54) is 0 Å². The third-order valence-corrected chi connectivity index (χ3v) is 3.19. The fourth-order valence-electron chi connectivity index (χ4n) is 2.12. The average Bonchev–Trinajstić information content (AvgIpc) is 2.91. The lowest BCUT2D eigenvalue weighted by atomic mass is 10.1. The quantitative estimate of drug-likeness (QED) is 0.636. The number of aromatic nitrogens is 3. The smallest absolute Gasteiger partial charge is 0.140 e. The highest BCUT2D eigenvalue weighted by Gasteiger charge is 2.15. The molecule has 1 aromatic carbocycles. The molecule has 86 valence electrons. The maximum atomic E-state index is 6.06. The molecule has 0 atom stereocenters. The lowest BCUT2D eigenvalue weighted by Crippen LogP contribution is -1.89. The second-order valence-corrected chi connectivity index (χ2v) is 4.27. The molecular weight excluding hydrogens is 234 g/mol. The Bertz CT molecular complexity index is 652. The van der Waals surface area contributed by atoms with Crippen molar-refractivity contribution in [2.75, 3.05) is 0 Å². The Labute approximate surface area is 104 Å². The number of nitrogens with zero attached hydrogens (tertiary/aromatic N) is 3. The number of hydrogen-bond acceptors (Lipinski definition) is 1. The van der Waals surface area contributed by atoms with Gasteiger partial charge in [-0.15, -0.1) is 11.6 Å². The zero-order valence-electron chi connectivity index (χ0n) is 9.47. The Morgan fingerprint density at radius 3 is 2.65 bits per heavy atom. The van der Waals surface area contributed by atoms with Crippen molar-refractivity contribution in [3.63, 3.8) is 0 Å². The van der Waals surface area contributed by atoms with Gasteiger partial charge < -0.3 is 4.57 Å². The zero-order valence-corrected chi connectivity index (χ0v) is 10.2. The van der Waals surface area contributed by atoms with Crippen molar-refractivity contribution in [2.45, 2.75) is 5.88 Å². The largest absolute Gasteiger partial charge is 0.334 e. The molecule has 3 rings (SSSR count). The molecule has 2 heterocycles. The first-order chi connectivity index (χ1) is 8.31. The van der Waals surface area contributed by atoms with Crippen LogP contribution in [0.15, 0.2) is 42.7 Å². The molecule has 0 unspecified atom stereocenters. The van der Waals surface area contributed by atoms with Gasteiger partial charge in [0.25, 0.3) is 0 Å². The molecule has 0 aliphatic carbocycles. The molecular formula is C13H12ClN3. The van der Waals surface area contributed by atoms with E-state index >= 15 is 0 Å². The molecule has 3 nitrogen and oxygen atoms in total. The van der Waals surface area contributed by atoms with E-state index in [-0.39, 0.29) is 0 Å². The monoisotopic (exact) mass is 245 g/mol. The van der Waals surface area contributed by atoms with Crippen molar-refractivity contribution in [1.29, 1.82) is 0 Å². The summed E-state index contributed by atoms with van der Waals surface area (Å²) in [6.45, 7) is 0. The van der Waals surface area contributed by atoms with Crippen LogP contribution >= 0.6 is 11.6 Å². The predicted molar refractivity (Wildman–Crippen MR) is 69.2 cm³/mol. The molecule has 0 aliphatic heterocycles. The van der Waals surface area contributed by atoms with Gasteiger partial charge in [0.1, 0.15) is 5.65 Å². The van der Waals surface area contributed by atoms with Crippen molar-refractivity contribution in [1.82, 2.24) is 14.2 Å². The van der Waals surface area contributed by atoms with Gasteiger partial charge in [0, 0.05) is 30.6 Å². The standard InChI is InChI=1S/C13H12ClN3/c1-16-7-8-17-13(16)11(9-14)12(15-17)10-5-3-2-4-6-10/h2-8H,9H2,1H3. The summed E-state index contributed by atoms with van der Waals surface area (Å²) in [5.74, 6) is 0.464. The van der Waals surface area contributed by atoms with E-state index in [2.05, 4.69) is 17.2 Å². The van der Waals surface area contributed by atoms with Crippen molar-refractivity contribution >= 4 is 17.2 Å². The van der Waals surface area contributed by atoms with Gasteiger partial charge in [-0.2, -0.15) is 5.10 Å². The number of hydrogen-bond donors (Lipinski definition) is 0. The van der Waals surface area contributed by atoms with Crippen LogP contribution in [0.2, 0.25) is 0 Å². The summed E-state index contributed by atoms with van der Waals surface area (Å²) in [5, 5.41) is 4.59. The number of rotatable bonds is 2. The van der Waals surface area contributed by atoms with E-state index in [1.807, 2.05) is 46.7 Å². The maximum absolute atomic E-state index is 6.06. The number of fused-ring (bicyclic) bond motifs is 1. The Balaban J connectivity index is 2.30. The first-order valence-corrected chi connectivity index (χ1v) is 5.98. The van der Waals surface area contributed by atoms with Gasteiger partial charge in [-0.1, -0.05) is 30.3 Å². The minimum atomic E-state index is 0.464. The molecule has 0 amide bonds. The van der Waals surface area contributed by atoms with Gasteiger partial charge in [0.2, 0.25) is 0 Å². The number of aryl methyl sites for hydroxylation is 1. The summed E-state index contributed by atoms with van der Waals surface area (Å²) in [4.78, 5) is 0. The molecule has 0 saturated heterocycles. The Morgan fingerprint density at radius 1 is 1.18 bits per heavy atom. The number of alkyl halides is 1. The normalized spacial score (nSPS) is 11.2. The first kappa shape index (κ1) is 10.4. The summed E-state index contributed by atoms with van der Waals surface area (Å²) in [5.41, 5.74) is 4.20. The van der Waals surface area contributed by atoms with Crippen LogP contribution in [0.3, 0.4) is 0 Å². The minimum absolute atomic E-state index is 0.464. The minimum Gasteiger partial charge on any atom is -0.334 e. The predicted octanol–water partition coefficient (Wildman–Crippen LogP) is 3.08. The molecule has 3 aromatic rings. The van der Waals surface area contributed by atoms with Gasteiger partial charge in [-0.05, 0) is 0 Å². The second-order valence-electron chi connectivity index (χ2n) is 4.00. The molecule has 0 bridgehead atoms. The summed E-state index contributed by atoms with van der Waals surface area (Å²) in [7, 11) is 2.00. The fraction of sp³-hybridized carbons (Fsp3) is 0.154. The number of imidazole rings is 1. The van der Waals surface area contributed by atoms with Crippen LogP contribution in [0.1, 0.15) is 5.56 Å². The molecule has 17 heavy (non-hydrogen) atoms. The van der Waals surface area contributed by atoms with E-state index in [9.17, 15) is 0 Å². The molecule has 0 saturated carbocycles. The van der Waals surface area contributed by atoms with Gasteiger partial charge in [0.05, 0.1) is 11.6 Å². The molecule has 0 radical (unpaired) electrons. The molecule has 0 fully saturated rings. The number of benzene rings is 1. The number of halogens is 1. The van der Waals surface area contributed by atoms with Gasteiger partial charge >= 0.3 is 0 Å². The molecule has 2 aromatic heterocycles. The highest BCUT2D eigenvalue weighted by molar-refractivity contribution is 6.18. The molecule has 0 N–H and O–H groups in total. The molecule has 0 aliphatic rings. The molecule has 4 heteroatoms. The van der Waals surface area contributed by atoms with Crippen LogP contribution in [0.5, 0.6) is 0 Å². The maximum Gasteiger partial charge on any atom is 0.140 e. The lowest BCUT2D eigenvalue weighted by Gasteiger charge is -2.00. The van der Waals surface area contributed by atoms with Gasteiger partial charge in [0.15, 0.2) is 0 Å². The van der Waals surface area contributed by atoms with E-state index < -0.39 is 0 Å². The molecule has 0 spiro atoms. The summed E-state index contributed by atoms with van der Waals surface area (Å²) >= 11 is 6.06. The van der Waals surface area contributed by atoms with Crippen molar-refractivity contribution < 1.29 is 0 Å². The van der Waals surface area contributed by atoms with E-state index in [0.29, 0.717) is 5.88 Å². The van der Waals surface area contributed by atoms with Crippen LogP contribution in [0.25, 0.3) is 16.9 Å². The average molecular weight is 246 g/mol. The van der Waals surface area contributed by atoms with Crippen LogP contribution in [0.4, 0.5) is 0 Å². The second kappa shape index (κ2) is 3.93. The SMILES string of the molecule is Cn1ccn2nc(-c3ccccc3)c(CCl)c12. The van der Waals surface area contributed by atoms with Gasteiger partial charge in [-0.3, -0.25) is 0 Å². The Kier molecular flexibility index (Phi) is 2.41. The van der Waals surface area contributed by atoms with Crippen molar-refractivity contribution in [3.05, 3.63) is 48.3 Å². The topological polar surface area (TPSA) is 22.2 Å². The van der Waals surface area contributed by atoms with Crippen LogP contribution in [-0.4, -0.2) is 14.2 Å². The zero-order chi connectivity index (χ0) is 11.8. The third-order valence-electron chi connectivity index (χ3n) is 2.93. The summed E-state index contributed by atoms with van der Waals surface area (Å²) in [6.07, 6.45) is 3.92. The third kappa shape index (κ3) is 1.54. The van der Waals surface area contributed by atoms with Crippen LogP contribution < -0.4 is 0 Å². The lowest BCUT2D eigenvalue weighted by molar-refractivity contribution is 0.927. The summed E-state index contributed by atoms with van der Waals surface area (Å²) < 4.78 is 3.91. The first-order valence-electron chi connectivity index (χ1n) is 5.45. The van der Waals surface area contributed by atoms with Crippen molar-refractivity contribution in [3.8, 4) is 11.3 Å². The van der Waals surface area contributed by atoms with Gasteiger partial charge in [-0.25, -0.2) is 4.52 Å². The fourth-order valence-corrected chi connectivity index (χ4v) is 2.37. The van der Waals surface area contributed by atoms with Crippen LogP contribution in [0, 0.1) is 0 Å². The summed E-state index contributed by atoms with van der Waals surface area (Å²) in [6, 6.07) is 10.1. The highest BCUT2D eigenvalue weighted by atomic mass is 35.5. The van der Waals surface area contributed by atoms with E-state index in [0.717, 1.165) is 22.5 Å². The highest BCUT2D eigenvalue weighted by Crippen LogP contribution is 2.27. The van der Waals surface area contributed by atoms with Crippen LogP contribution in [-0.2, 0) is 12.9 Å². The van der Waals surface area contributed by atoms with E-state index in [1.54, 1.807) is 0 Å². The Morgan fingerprint density at radius 2 is 1.94 bits per heavy atom. The Hall–Kier alpha value is -1.74. The van der Waals surface area contributed by atoms with Crippen molar-refractivity contribution in [2.24, 2.45) is 7.05 Å².